The molecular weight excluding hydrogens is 632 g/mol. The van der Waals surface area contributed by atoms with Gasteiger partial charge in [0.25, 0.3) is 0 Å². The maximum Gasteiger partial charge on any atom is 2.00 e. The zero-order valence-electron chi connectivity index (χ0n) is 27.7. The molecule has 0 heterocycles. The second-order valence-corrected chi connectivity index (χ2v) is 11.2. The minimum absolute atomic E-state index is 0. The molecule has 0 aliphatic heterocycles. The minimum Gasteiger partial charge on any atom is -0.495 e. The maximum absolute atomic E-state index is 11.1. The summed E-state index contributed by atoms with van der Waals surface area (Å²) in [5.74, 6) is 12.4. The van der Waals surface area contributed by atoms with Gasteiger partial charge in [0.1, 0.15) is 11.5 Å². The molecule has 47 heavy (non-hydrogen) atoms. The van der Waals surface area contributed by atoms with Crippen molar-refractivity contribution in [3.63, 3.8) is 0 Å². The second-order valence-electron chi connectivity index (χ2n) is 11.2. The summed E-state index contributed by atoms with van der Waals surface area (Å²) in [5, 5.41) is 18.2. The van der Waals surface area contributed by atoms with Crippen molar-refractivity contribution < 1.29 is 46.3 Å². The van der Waals surface area contributed by atoms with Gasteiger partial charge < -0.3 is 34.5 Å². The molecule has 0 atom stereocenters. The molecular formula is C40H46FeO6. The third kappa shape index (κ3) is 13.2. The molecule has 6 nitrogen and oxygen atoms in total. The molecule has 3 aromatic rings. The topological polar surface area (TPSA) is 93.1 Å². The molecule has 2 fully saturated rings. The van der Waals surface area contributed by atoms with Crippen molar-refractivity contribution in [1.82, 2.24) is 0 Å². The van der Waals surface area contributed by atoms with E-state index in [1.165, 1.54) is 82.1 Å². The molecule has 2 aliphatic rings. The van der Waals surface area contributed by atoms with Crippen LogP contribution in [0.5, 0.6) is 11.5 Å². The summed E-state index contributed by atoms with van der Waals surface area (Å²) in [6, 6.07) is 16.4. The van der Waals surface area contributed by atoms with E-state index in [0.29, 0.717) is 40.4 Å². The van der Waals surface area contributed by atoms with Gasteiger partial charge in [0.2, 0.25) is 0 Å². The number of ether oxygens (including phenoxy) is 2. The Bertz CT molecular complexity index is 1520. The Hall–Kier alpha value is -4.16. The number of hydrogen-bond donors (Lipinski definition) is 2. The predicted molar refractivity (Wildman–Crippen MR) is 184 cm³/mol. The van der Waals surface area contributed by atoms with Gasteiger partial charge in [-0.25, -0.2) is 9.59 Å². The second kappa shape index (κ2) is 21.6. The Morgan fingerprint density at radius 2 is 1.11 bits per heavy atom. The van der Waals surface area contributed by atoms with Crippen LogP contribution in [-0.2, 0) is 17.1 Å². The van der Waals surface area contributed by atoms with Crippen LogP contribution in [0.15, 0.2) is 60.7 Å². The largest absolute Gasteiger partial charge is 2.00 e. The monoisotopic (exact) mass is 678 g/mol. The molecule has 250 valence electrons. The van der Waals surface area contributed by atoms with E-state index in [-0.39, 0.29) is 43.0 Å². The van der Waals surface area contributed by atoms with Gasteiger partial charge >= 0.3 is 29.0 Å². The Morgan fingerprint density at radius 3 is 1.53 bits per heavy atom. The van der Waals surface area contributed by atoms with Crippen molar-refractivity contribution >= 4 is 11.9 Å². The Kier molecular flexibility index (Phi) is 18.8. The van der Waals surface area contributed by atoms with E-state index in [9.17, 15) is 9.59 Å². The molecule has 0 amide bonds. The van der Waals surface area contributed by atoms with Gasteiger partial charge in [0, 0.05) is 23.3 Å². The van der Waals surface area contributed by atoms with Gasteiger partial charge in [0.15, 0.2) is 0 Å². The molecule has 0 radical (unpaired) electrons. The van der Waals surface area contributed by atoms with E-state index < -0.39 is 11.9 Å². The van der Waals surface area contributed by atoms with E-state index in [4.69, 9.17) is 19.7 Å². The minimum atomic E-state index is -0.986. The molecule has 2 N–H and O–H groups in total. The number of carboxylic acid groups (broad SMARTS) is 2. The summed E-state index contributed by atoms with van der Waals surface area (Å²) >= 11 is 0. The predicted octanol–water partition coefficient (Wildman–Crippen LogP) is 9.09. The van der Waals surface area contributed by atoms with E-state index in [1.807, 2.05) is 6.07 Å². The zero-order chi connectivity index (χ0) is 31.1. The summed E-state index contributed by atoms with van der Waals surface area (Å²) < 4.78 is 11.8. The van der Waals surface area contributed by atoms with Crippen molar-refractivity contribution in [2.75, 3.05) is 13.7 Å². The van der Waals surface area contributed by atoms with Gasteiger partial charge in [-0.1, -0.05) is 81.5 Å². The molecule has 0 unspecified atom stereocenters. The van der Waals surface area contributed by atoms with Crippen LogP contribution < -0.4 is 9.47 Å². The van der Waals surface area contributed by atoms with Crippen molar-refractivity contribution in [1.29, 1.82) is 0 Å². The molecule has 5 rings (SSSR count). The third-order valence-electron chi connectivity index (χ3n) is 7.99. The summed E-state index contributed by atoms with van der Waals surface area (Å²) in [7, 11) is 1.56. The van der Waals surface area contributed by atoms with Gasteiger partial charge in [-0.15, -0.1) is 0 Å². The van der Waals surface area contributed by atoms with Crippen molar-refractivity contribution in [3.05, 3.63) is 109 Å². The molecule has 0 saturated heterocycles. The average molecular weight is 679 g/mol. The smallest absolute Gasteiger partial charge is 0.495 e. The normalized spacial score (nSPS) is 13.0. The number of aromatic carboxylic acids is 2. The number of benzene rings is 3. The maximum atomic E-state index is 11.1. The van der Waals surface area contributed by atoms with Crippen molar-refractivity contribution in [2.45, 2.75) is 70.6 Å². The quantitative estimate of drug-likeness (QED) is 0.107. The molecule has 0 aromatic heterocycles. The van der Waals surface area contributed by atoms with Crippen LogP contribution in [0.2, 0.25) is 0 Å². The van der Waals surface area contributed by atoms with E-state index in [1.54, 1.807) is 37.4 Å². The molecule has 7 heteroatoms. The standard InChI is InChI=1S/C33H30O6.C5H10.2CH3.Fe/c1-38-30-21-29(19-13-25-10-16-27(17-11-25)33(36)37)31(39-20-4-7-23-5-2-3-6-23)22-28(30)18-12-24-8-14-26(15-9-24)32(34)35;1-2-4-5-3-1;;;/h8-11,14-17,21-23H,2-7,20H2,1H3,(H,34,35)(H,36,37);1-5H2;2*1H3;/q;;2*-1;+2. The summed E-state index contributed by atoms with van der Waals surface area (Å²) in [6.45, 7) is 0.564. The fourth-order valence-corrected chi connectivity index (χ4v) is 5.45. The first-order valence-electron chi connectivity index (χ1n) is 15.5. The number of hydrogen-bond acceptors (Lipinski definition) is 4. The Labute approximate surface area is 291 Å². The number of methoxy groups -OCH3 is 1. The molecule has 2 aliphatic carbocycles. The first kappa shape index (κ1) is 40.9. The summed E-state index contributed by atoms with van der Waals surface area (Å²) in [5.41, 5.74) is 3.03. The van der Waals surface area contributed by atoms with Gasteiger partial charge in [-0.3, -0.25) is 0 Å². The fourth-order valence-electron chi connectivity index (χ4n) is 5.45. The van der Waals surface area contributed by atoms with Crippen LogP contribution in [-0.4, -0.2) is 35.9 Å². The molecule has 0 spiro atoms. The number of rotatable bonds is 8. The first-order valence-corrected chi connectivity index (χ1v) is 15.5. The number of carboxylic acids is 2. The third-order valence-corrected chi connectivity index (χ3v) is 7.99. The summed E-state index contributed by atoms with van der Waals surface area (Å²) in [4.78, 5) is 22.2. The summed E-state index contributed by atoms with van der Waals surface area (Å²) in [6.07, 6.45) is 14.8. The van der Waals surface area contributed by atoms with E-state index >= 15 is 0 Å². The van der Waals surface area contributed by atoms with Gasteiger partial charge in [0.05, 0.1) is 36.0 Å². The van der Waals surface area contributed by atoms with Crippen molar-refractivity contribution in [2.24, 2.45) is 5.92 Å². The van der Waals surface area contributed by atoms with Crippen LogP contribution in [0.25, 0.3) is 0 Å². The fraction of sp³-hybridized carbons (Fsp3) is 0.350. The van der Waals surface area contributed by atoms with Gasteiger partial charge in [-0.05, 0) is 67.3 Å². The first-order chi connectivity index (χ1) is 21.4. The Morgan fingerprint density at radius 1 is 0.681 bits per heavy atom. The van der Waals surface area contributed by atoms with E-state index in [0.717, 1.165) is 18.8 Å². The SMILES string of the molecule is C1CCCC1.COc1cc(C#Cc2ccc(C(=O)O)cc2)c(OCCCC2CCCC2)cc1C#Cc1ccc(C(=O)O)cc1.[CH3-].[CH3-].[Fe+2]. The average Bonchev–Trinajstić information content (AvgIpc) is 3.80. The molecule has 0 bridgehead atoms. The van der Waals surface area contributed by atoms with Crippen LogP contribution >= 0.6 is 0 Å². The van der Waals surface area contributed by atoms with Crippen LogP contribution in [0.3, 0.4) is 0 Å². The van der Waals surface area contributed by atoms with Crippen LogP contribution in [0.4, 0.5) is 0 Å². The van der Waals surface area contributed by atoms with E-state index in [2.05, 4.69) is 23.7 Å². The zero-order valence-corrected chi connectivity index (χ0v) is 28.8. The van der Waals surface area contributed by atoms with Crippen molar-refractivity contribution in [3.8, 4) is 35.2 Å². The van der Waals surface area contributed by atoms with Gasteiger partial charge in [-0.2, -0.15) is 0 Å². The molecule has 2 saturated carbocycles. The number of carbonyl (C=O) groups is 2. The Balaban J connectivity index is 0.00000126. The molecule has 3 aromatic carbocycles. The van der Waals surface area contributed by atoms with Crippen LogP contribution in [0.1, 0.15) is 114 Å². The van der Waals surface area contributed by atoms with Crippen LogP contribution in [0, 0.1) is 44.5 Å².